The van der Waals surface area contributed by atoms with Crippen molar-refractivity contribution in [3.05, 3.63) is 60.2 Å². The van der Waals surface area contributed by atoms with Gasteiger partial charge in [-0.25, -0.2) is 0 Å². The van der Waals surface area contributed by atoms with Crippen molar-refractivity contribution in [1.29, 1.82) is 0 Å². The number of para-hydroxylation sites is 1. The molecule has 1 saturated heterocycles. The molecule has 1 unspecified atom stereocenters. The van der Waals surface area contributed by atoms with Gasteiger partial charge in [-0.1, -0.05) is 30.3 Å². The average Bonchev–Trinajstić information content (AvgIpc) is 2.80. The highest BCUT2D eigenvalue weighted by Gasteiger charge is 2.28. The Kier molecular flexibility index (Phi) is 8.33. The van der Waals surface area contributed by atoms with Crippen LogP contribution in [0.5, 0.6) is 11.5 Å². The van der Waals surface area contributed by atoms with Gasteiger partial charge in [-0.05, 0) is 56.5 Å². The largest absolute Gasteiger partial charge is 0.494 e. The second-order valence-electron chi connectivity index (χ2n) is 7.80. The lowest BCUT2D eigenvalue weighted by Gasteiger charge is -2.32. The van der Waals surface area contributed by atoms with E-state index < -0.39 is 0 Å². The van der Waals surface area contributed by atoms with Gasteiger partial charge in [0.25, 0.3) is 0 Å². The van der Waals surface area contributed by atoms with Crippen LogP contribution in [-0.4, -0.2) is 43.0 Å². The number of hydrogen-bond donors (Lipinski definition) is 1. The van der Waals surface area contributed by atoms with Crippen LogP contribution in [0.4, 0.5) is 0 Å². The average molecular weight is 425 g/mol. The third-order valence-corrected chi connectivity index (χ3v) is 5.57. The molecule has 1 aliphatic heterocycles. The monoisotopic (exact) mass is 424 g/mol. The van der Waals surface area contributed by atoms with E-state index in [-0.39, 0.29) is 23.8 Å². The predicted molar refractivity (Wildman–Crippen MR) is 120 cm³/mol. The Hall–Kier alpha value is -3.02. The van der Waals surface area contributed by atoms with E-state index in [0.717, 1.165) is 17.1 Å². The minimum absolute atomic E-state index is 0.0498. The van der Waals surface area contributed by atoms with E-state index in [1.807, 2.05) is 73.3 Å². The van der Waals surface area contributed by atoms with Crippen LogP contribution in [0.25, 0.3) is 0 Å². The van der Waals surface area contributed by atoms with E-state index >= 15 is 0 Å². The Morgan fingerprint density at radius 1 is 1.03 bits per heavy atom. The molecule has 31 heavy (non-hydrogen) atoms. The molecule has 1 fully saturated rings. The van der Waals surface area contributed by atoms with Crippen molar-refractivity contribution >= 4 is 11.8 Å². The number of piperidine rings is 1. The zero-order valence-electron chi connectivity index (χ0n) is 18.4. The molecule has 1 N–H and O–H groups in total. The van der Waals surface area contributed by atoms with Gasteiger partial charge in [0.05, 0.1) is 25.7 Å². The molecule has 6 heteroatoms. The predicted octanol–water partition coefficient (Wildman–Crippen LogP) is 3.97. The second-order valence-corrected chi connectivity index (χ2v) is 7.80. The van der Waals surface area contributed by atoms with E-state index in [0.29, 0.717) is 45.6 Å². The van der Waals surface area contributed by atoms with Crippen molar-refractivity contribution in [2.75, 3.05) is 26.3 Å². The summed E-state index contributed by atoms with van der Waals surface area (Å²) in [5.74, 6) is 1.64. The van der Waals surface area contributed by atoms with Crippen LogP contribution in [-0.2, 0) is 9.59 Å². The van der Waals surface area contributed by atoms with Gasteiger partial charge in [0, 0.05) is 19.0 Å². The van der Waals surface area contributed by atoms with Gasteiger partial charge in [-0.15, -0.1) is 0 Å². The zero-order chi connectivity index (χ0) is 22.1. The Morgan fingerprint density at radius 3 is 2.45 bits per heavy atom. The van der Waals surface area contributed by atoms with Crippen LogP contribution < -0.4 is 14.8 Å². The minimum atomic E-state index is -0.0947. The lowest BCUT2D eigenvalue weighted by atomic mass is 9.95. The summed E-state index contributed by atoms with van der Waals surface area (Å²) in [6.07, 6.45) is 1.71. The smallest absolute Gasteiger partial charge is 0.225 e. The zero-order valence-corrected chi connectivity index (χ0v) is 18.4. The Morgan fingerprint density at radius 2 is 1.74 bits per heavy atom. The molecule has 0 radical (unpaired) electrons. The van der Waals surface area contributed by atoms with Crippen molar-refractivity contribution in [3.63, 3.8) is 0 Å². The number of nitrogens with one attached hydrogen (secondary N) is 1. The number of amides is 2. The van der Waals surface area contributed by atoms with Gasteiger partial charge in [0.15, 0.2) is 0 Å². The minimum Gasteiger partial charge on any atom is -0.494 e. The highest BCUT2D eigenvalue weighted by atomic mass is 16.5. The van der Waals surface area contributed by atoms with Gasteiger partial charge in [0.1, 0.15) is 11.5 Å². The summed E-state index contributed by atoms with van der Waals surface area (Å²) < 4.78 is 11.2. The summed E-state index contributed by atoms with van der Waals surface area (Å²) in [7, 11) is 0. The number of nitrogens with zero attached hydrogens (tertiary/aromatic N) is 1. The summed E-state index contributed by atoms with van der Waals surface area (Å²) in [5, 5.41) is 3.11. The van der Waals surface area contributed by atoms with E-state index in [1.165, 1.54) is 0 Å². The quantitative estimate of drug-likeness (QED) is 0.661. The van der Waals surface area contributed by atoms with Crippen LogP contribution in [0.15, 0.2) is 54.6 Å². The number of ether oxygens (including phenoxy) is 2. The number of hydrogen-bond acceptors (Lipinski definition) is 4. The van der Waals surface area contributed by atoms with Crippen molar-refractivity contribution in [2.45, 2.75) is 39.2 Å². The fourth-order valence-corrected chi connectivity index (χ4v) is 3.78. The maximum Gasteiger partial charge on any atom is 0.225 e. The molecule has 2 aromatic carbocycles. The second kappa shape index (κ2) is 11.4. The first kappa shape index (κ1) is 22.7. The summed E-state index contributed by atoms with van der Waals surface area (Å²) in [4.78, 5) is 27.0. The third-order valence-electron chi connectivity index (χ3n) is 5.57. The number of carbonyl (C=O) groups is 2. The van der Waals surface area contributed by atoms with Crippen molar-refractivity contribution < 1.29 is 19.1 Å². The first-order valence-electron chi connectivity index (χ1n) is 11.1. The van der Waals surface area contributed by atoms with Crippen LogP contribution in [0.3, 0.4) is 0 Å². The molecule has 0 bridgehead atoms. The third kappa shape index (κ3) is 6.74. The van der Waals surface area contributed by atoms with E-state index in [4.69, 9.17) is 9.47 Å². The lowest BCUT2D eigenvalue weighted by molar-refractivity contribution is -0.136. The molecule has 166 valence electrons. The van der Waals surface area contributed by atoms with Crippen LogP contribution in [0.1, 0.15) is 44.7 Å². The maximum absolute atomic E-state index is 12.7. The highest BCUT2D eigenvalue weighted by Crippen LogP contribution is 2.22. The molecule has 3 rings (SSSR count). The molecule has 1 aliphatic rings. The van der Waals surface area contributed by atoms with E-state index in [2.05, 4.69) is 5.32 Å². The Bertz CT molecular complexity index is 848. The van der Waals surface area contributed by atoms with Gasteiger partial charge in [-0.2, -0.15) is 0 Å². The molecule has 2 amide bonds. The standard InChI is InChI=1S/C25H32N2O4/c1-3-30-23-11-7-8-21(18-23)19(2)26-25(29)20-12-15-27(16-13-20)24(28)14-17-31-22-9-5-4-6-10-22/h4-11,18-20H,3,12-17H2,1-2H3,(H,26,29). The van der Waals surface area contributed by atoms with Crippen molar-refractivity contribution in [2.24, 2.45) is 5.92 Å². The Labute approximate surface area is 184 Å². The number of rotatable bonds is 9. The van der Waals surface area contributed by atoms with E-state index in [1.54, 1.807) is 0 Å². The fourth-order valence-electron chi connectivity index (χ4n) is 3.78. The number of benzene rings is 2. The Balaban J connectivity index is 1.40. The van der Waals surface area contributed by atoms with E-state index in [9.17, 15) is 9.59 Å². The molecule has 2 aromatic rings. The first-order chi connectivity index (χ1) is 15.1. The van der Waals surface area contributed by atoms with Gasteiger partial charge >= 0.3 is 0 Å². The van der Waals surface area contributed by atoms with Gasteiger partial charge in [0.2, 0.25) is 11.8 Å². The van der Waals surface area contributed by atoms with Crippen molar-refractivity contribution in [1.82, 2.24) is 10.2 Å². The summed E-state index contributed by atoms with van der Waals surface area (Å²) in [6.45, 7) is 6.12. The summed E-state index contributed by atoms with van der Waals surface area (Å²) in [5.41, 5.74) is 1.02. The van der Waals surface area contributed by atoms with Crippen molar-refractivity contribution in [3.8, 4) is 11.5 Å². The normalized spacial score (nSPS) is 15.2. The molecule has 1 atom stereocenters. The number of likely N-dealkylation sites (tertiary alicyclic amines) is 1. The molecule has 0 aromatic heterocycles. The number of carbonyl (C=O) groups excluding carboxylic acids is 2. The first-order valence-corrected chi connectivity index (χ1v) is 11.1. The fraction of sp³-hybridized carbons (Fsp3) is 0.440. The van der Waals surface area contributed by atoms with Gasteiger partial charge in [-0.3, -0.25) is 9.59 Å². The SMILES string of the molecule is CCOc1cccc(C(C)NC(=O)C2CCN(C(=O)CCOc3ccccc3)CC2)c1. The molecule has 1 heterocycles. The maximum atomic E-state index is 12.7. The molecule has 0 spiro atoms. The summed E-state index contributed by atoms with van der Waals surface area (Å²) in [6, 6.07) is 17.2. The molecule has 6 nitrogen and oxygen atoms in total. The van der Waals surface area contributed by atoms with Crippen LogP contribution >= 0.6 is 0 Å². The van der Waals surface area contributed by atoms with Gasteiger partial charge < -0.3 is 19.7 Å². The highest BCUT2D eigenvalue weighted by molar-refractivity contribution is 5.80. The molecule has 0 saturated carbocycles. The van der Waals surface area contributed by atoms with Crippen LogP contribution in [0.2, 0.25) is 0 Å². The van der Waals surface area contributed by atoms with Crippen LogP contribution in [0, 0.1) is 5.92 Å². The topological polar surface area (TPSA) is 67.9 Å². The lowest BCUT2D eigenvalue weighted by Crippen LogP contribution is -2.43. The molecule has 0 aliphatic carbocycles. The summed E-state index contributed by atoms with van der Waals surface area (Å²) >= 11 is 0. The molecular formula is C25H32N2O4. The molecular weight excluding hydrogens is 392 g/mol.